The summed E-state index contributed by atoms with van der Waals surface area (Å²) in [5.74, 6) is 0.796. The molecule has 0 aliphatic heterocycles. The predicted octanol–water partition coefficient (Wildman–Crippen LogP) is 1.42. The van der Waals surface area contributed by atoms with Crippen LogP contribution in [0.2, 0.25) is 0 Å². The highest BCUT2D eigenvalue weighted by Gasteiger charge is 2.12. The SMILES string of the molecule is COCCNC(=O)CNC(C)c1ccc(C)cc1OC. The van der Waals surface area contributed by atoms with E-state index in [1.165, 1.54) is 0 Å². The lowest BCUT2D eigenvalue weighted by atomic mass is 10.0. The number of methoxy groups -OCH3 is 2. The van der Waals surface area contributed by atoms with Crippen LogP contribution in [0.3, 0.4) is 0 Å². The van der Waals surface area contributed by atoms with Crippen molar-refractivity contribution in [2.75, 3.05) is 33.9 Å². The number of nitrogens with one attached hydrogen (secondary N) is 2. The normalized spacial score (nSPS) is 12.0. The number of rotatable bonds is 8. The van der Waals surface area contributed by atoms with Gasteiger partial charge in [0.2, 0.25) is 5.91 Å². The van der Waals surface area contributed by atoms with E-state index in [0.717, 1.165) is 16.9 Å². The lowest BCUT2D eigenvalue weighted by Gasteiger charge is -2.17. The number of hydrogen-bond donors (Lipinski definition) is 2. The van der Waals surface area contributed by atoms with Crippen LogP contribution in [0.15, 0.2) is 18.2 Å². The molecule has 1 atom stereocenters. The molecule has 0 aliphatic carbocycles. The molecule has 1 aromatic carbocycles. The van der Waals surface area contributed by atoms with Gasteiger partial charge in [0.15, 0.2) is 0 Å². The molecule has 0 aromatic heterocycles. The number of carbonyl (C=O) groups is 1. The van der Waals surface area contributed by atoms with E-state index < -0.39 is 0 Å². The number of ether oxygens (including phenoxy) is 2. The van der Waals surface area contributed by atoms with Gasteiger partial charge in [0.25, 0.3) is 0 Å². The van der Waals surface area contributed by atoms with Crippen LogP contribution in [-0.4, -0.2) is 39.8 Å². The average Bonchev–Trinajstić information content (AvgIpc) is 2.44. The van der Waals surface area contributed by atoms with Gasteiger partial charge in [0, 0.05) is 25.3 Å². The first-order valence-corrected chi connectivity index (χ1v) is 6.72. The Balaban J connectivity index is 2.50. The van der Waals surface area contributed by atoms with Crippen molar-refractivity contribution in [1.82, 2.24) is 10.6 Å². The summed E-state index contributed by atoms with van der Waals surface area (Å²) >= 11 is 0. The lowest BCUT2D eigenvalue weighted by Crippen LogP contribution is -2.36. The monoisotopic (exact) mass is 280 g/mol. The van der Waals surface area contributed by atoms with Crippen LogP contribution in [0.5, 0.6) is 5.75 Å². The third-order valence-electron chi connectivity index (χ3n) is 3.05. The first kappa shape index (κ1) is 16.5. The fourth-order valence-electron chi connectivity index (χ4n) is 1.89. The van der Waals surface area contributed by atoms with Crippen molar-refractivity contribution in [3.05, 3.63) is 29.3 Å². The molecule has 112 valence electrons. The maximum absolute atomic E-state index is 11.6. The maximum Gasteiger partial charge on any atom is 0.234 e. The highest BCUT2D eigenvalue weighted by Crippen LogP contribution is 2.25. The molecule has 5 heteroatoms. The Hall–Kier alpha value is -1.59. The molecular weight excluding hydrogens is 256 g/mol. The molecule has 5 nitrogen and oxygen atoms in total. The van der Waals surface area contributed by atoms with Crippen LogP contribution in [-0.2, 0) is 9.53 Å². The summed E-state index contributed by atoms with van der Waals surface area (Å²) in [6.45, 7) is 5.34. The van der Waals surface area contributed by atoms with E-state index >= 15 is 0 Å². The number of amides is 1. The van der Waals surface area contributed by atoms with Crippen LogP contribution in [0.25, 0.3) is 0 Å². The number of hydrogen-bond acceptors (Lipinski definition) is 4. The zero-order valence-corrected chi connectivity index (χ0v) is 12.7. The minimum atomic E-state index is -0.0417. The molecule has 1 unspecified atom stereocenters. The van der Waals surface area contributed by atoms with Gasteiger partial charge in [0.05, 0.1) is 20.3 Å². The first-order chi connectivity index (χ1) is 9.58. The molecule has 0 aliphatic rings. The topological polar surface area (TPSA) is 59.6 Å². The summed E-state index contributed by atoms with van der Waals surface area (Å²) in [6.07, 6.45) is 0. The molecule has 0 spiro atoms. The fourth-order valence-corrected chi connectivity index (χ4v) is 1.89. The van der Waals surface area contributed by atoms with E-state index in [1.54, 1.807) is 14.2 Å². The highest BCUT2D eigenvalue weighted by atomic mass is 16.5. The summed E-state index contributed by atoms with van der Waals surface area (Å²) in [4.78, 5) is 11.6. The molecule has 20 heavy (non-hydrogen) atoms. The van der Waals surface area contributed by atoms with Crippen molar-refractivity contribution in [2.24, 2.45) is 0 Å². The standard InChI is InChI=1S/C15H24N2O3/c1-11-5-6-13(14(9-11)20-4)12(2)17-10-15(18)16-7-8-19-3/h5-6,9,12,17H,7-8,10H2,1-4H3,(H,16,18). The van der Waals surface area contributed by atoms with E-state index in [9.17, 15) is 4.79 Å². The molecule has 0 heterocycles. The summed E-state index contributed by atoms with van der Waals surface area (Å²) in [5.41, 5.74) is 2.19. The molecule has 0 saturated carbocycles. The van der Waals surface area contributed by atoms with Crippen molar-refractivity contribution in [1.29, 1.82) is 0 Å². The van der Waals surface area contributed by atoms with E-state index in [0.29, 0.717) is 13.2 Å². The lowest BCUT2D eigenvalue weighted by molar-refractivity contribution is -0.120. The van der Waals surface area contributed by atoms with Crippen molar-refractivity contribution in [3.63, 3.8) is 0 Å². The zero-order valence-electron chi connectivity index (χ0n) is 12.7. The summed E-state index contributed by atoms with van der Waals surface area (Å²) in [6, 6.07) is 6.09. The Morgan fingerprint density at radius 2 is 2.10 bits per heavy atom. The largest absolute Gasteiger partial charge is 0.496 e. The van der Waals surface area contributed by atoms with Gasteiger partial charge in [0.1, 0.15) is 5.75 Å². The maximum atomic E-state index is 11.6. The molecule has 1 amide bonds. The van der Waals surface area contributed by atoms with Crippen molar-refractivity contribution >= 4 is 5.91 Å². The van der Waals surface area contributed by atoms with Gasteiger partial charge < -0.3 is 20.1 Å². The molecule has 0 radical (unpaired) electrons. The van der Waals surface area contributed by atoms with Gasteiger partial charge in [-0.05, 0) is 25.5 Å². The van der Waals surface area contributed by atoms with Gasteiger partial charge in [-0.1, -0.05) is 12.1 Å². The Kier molecular flexibility index (Phi) is 7.04. The van der Waals surface area contributed by atoms with Crippen molar-refractivity contribution in [3.8, 4) is 5.75 Å². The van der Waals surface area contributed by atoms with Gasteiger partial charge in [-0.3, -0.25) is 4.79 Å². The van der Waals surface area contributed by atoms with E-state index in [1.807, 2.05) is 32.0 Å². The highest BCUT2D eigenvalue weighted by molar-refractivity contribution is 5.78. The van der Waals surface area contributed by atoms with E-state index in [-0.39, 0.29) is 18.5 Å². The molecule has 1 rings (SSSR count). The van der Waals surface area contributed by atoms with Crippen LogP contribution < -0.4 is 15.4 Å². The molecule has 0 fully saturated rings. The smallest absolute Gasteiger partial charge is 0.234 e. The van der Waals surface area contributed by atoms with Crippen LogP contribution in [0.4, 0.5) is 0 Å². The van der Waals surface area contributed by atoms with Crippen molar-refractivity contribution in [2.45, 2.75) is 19.9 Å². The van der Waals surface area contributed by atoms with Gasteiger partial charge in [-0.15, -0.1) is 0 Å². The first-order valence-electron chi connectivity index (χ1n) is 6.72. The second kappa shape index (κ2) is 8.55. The average molecular weight is 280 g/mol. The van der Waals surface area contributed by atoms with Crippen molar-refractivity contribution < 1.29 is 14.3 Å². The third kappa shape index (κ3) is 5.19. The minimum Gasteiger partial charge on any atom is -0.496 e. The van der Waals surface area contributed by atoms with E-state index in [2.05, 4.69) is 10.6 Å². The Morgan fingerprint density at radius 1 is 1.35 bits per heavy atom. The summed E-state index contributed by atoms with van der Waals surface area (Å²) in [5, 5.41) is 5.96. The Morgan fingerprint density at radius 3 is 2.75 bits per heavy atom. The second-order valence-corrected chi connectivity index (χ2v) is 4.69. The summed E-state index contributed by atoms with van der Waals surface area (Å²) < 4.78 is 10.3. The van der Waals surface area contributed by atoms with Gasteiger partial charge in [-0.25, -0.2) is 0 Å². The third-order valence-corrected chi connectivity index (χ3v) is 3.05. The van der Waals surface area contributed by atoms with Crippen LogP contribution in [0.1, 0.15) is 24.1 Å². The van der Waals surface area contributed by atoms with Crippen LogP contribution in [0, 0.1) is 6.92 Å². The Bertz CT molecular complexity index is 435. The number of benzene rings is 1. The number of aryl methyl sites for hydroxylation is 1. The Labute approximate surface area is 120 Å². The molecule has 0 bridgehead atoms. The minimum absolute atomic E-state index is 0.0405. The fraction of sp³-hybridized carbons (Fsp3) is 0.533. The second-order valence-electron chi connectivity index (χ2n) is 4.69. The van der Waals surface area contributed by atoms with E-state index in [4.69, 9.17) is 9.47 Å². The zero-order chi connectivity index (χ0) is 15.0. The molecule has 0 saturated heterocycles. The van der Waals surface area contributed by atoms with Gasteiger partial charge >= 0.3 is 0 Å². The molecular formula is C15H24N2O3. The quantitative estimate of drug-likeness (QED) is 0.707. The van der Waals surface area contributed by atoms with Gasteiger partial charge in [-0.2, -0.15) is 0 Å². The summed E-state index contributed by atoms with van der Waals surface area (Å²) in [7, 11) is 3.26. The molecule has 2 N–H and O–H groups in total. The van der Waals surface area contributed by atoms with Crippen LogP contribution >= 0.6 is 0 Å². The molecule has 1 aromatic rings. The predicted molar refractivity (Wildman–Crippen MR) is 79.0 cm³/mol. The number of carbonyl (C=O) groups excluding carboxylic acids is 1.